The lowest BCUT2D eigenvalue weighted by atomic mass is 10.1. The van der Waals surface area contributed by atoms with E-state index in [-0.39, 0.29) is 6.10 Å². The second kappa shape index (κ2) is 3.52. The third kappa shape index (κ3) is 1.72. The first kappa shape index (κ1) is 8.97. The van der Waals surface area contributed by atoms with E-state index in [1.54, 1.807) is 0 Å². The van der Waals surface area contributed by atoms with E-state index >= 15 is 0 Å². The highest BCUT2D eigenvalue weighted by Crippen LogP contribution is 2.23. The van der Waals surface area contributed by atoms with Crippen LogP contribution in [0.3, 0.4) is 0 Å². The highest BCUT2D eigenvalue weighted by molar-refractivity contribution is 4.91. The van der Waals surface area contributed by atoms with Crippen LogP contribution in [-0.4, -0.2) is 34.6 Å². The molecule has 0 bridgehead atoms. The molecule has 4 atom stereocenters. The zero-order valence-corrected chi connectivity index (χ0v) is 6.60. The lowest BCUT2D eigenvalue weighted by molar-refractivity contribution is 0.0159. The van der Waals surface area contributed by atoms with Gasteiger partial charge in [-0.25, -0.2) is 0 Å². The quantitative estimate of drug-likeness (QED) is 0.594. The van der Waals surface area contributed by atoms with Crippen LogP contribution in [0.25, 0.3) is 0 Å². The summed E-state index contributed by atoms with van der Waals surface area (Å²) in [6, 6.07) is 0. The fourth-order valence-electron chi connectivity index (χ4n) is 1.30. The predicted molar refractivity (Wildman–Crippen MR) is 39.9 cm³/mol. The first-order valence-electron chi connectivity index (χ1n) is 3.94. The molecule has 1 saturated heterocycles. The Morgan fingerprint density at radius 1 is 1.36 bits per heavy atom. The van der Waals surface area contributed by atoms with Gasteiger partial charge in [0.2, 0.25) is 0 Å². The minimum absolute atomic E-state index is 0.287. The molecule has 2 N–H and O–H groups in total. The van der Waals surface area contributed by atoms with Crippen LogP contribution in [0, 0.1) is 6.92 Å². The molecule has 2 radical (unpaired) electrons. The Hall–Kier alpha value is -0.120. The molecule has 1 aliphatic rings. The molecular weight excluding hydrogens is 144 g/mol. The molecule has 1 aliphatic heterocycles. The number of aliphatic hydroxyl groups is 2. The summed E-state index contributed by atoms with van der Waals surface area (Å²) in [4.78, 5) is 0. The van der Waals surface area contributed by atoms with E-state index < -0.39 is 18.3 Å². The van der Waals surface area contributed by atoms with Gasteiger partial charge in [0.25, 0.3) is 0 Å². The van der Waals surface area contributed by atoms with Gasteiger partial charge in [-0.3, -0.25) is 0 Å². The third-order valence-corrected chi connectivity index (χ3v) is 1.97. The predicted octanol–water partition coefficient (Wildman–Crippen LogP) is -0.0132. The van der Waals surface area contributed by atoms with Crippen molar-refractivity contribution >= 4 is 0 Å². The summed E-state index contributed by atoms with van der Waals surface area (Å²) in [5.74, 6) is 0. The zero-order chi connectivity index (χ0) is 8.43. The van der Waals surface area contributed by atoms with Gasteiger partial charge in [0.05, 0.1) is 12.2 Å². The van der Waals surface area contributed by atoms with Gasteiger partial charge in [0.1, 0.15) is 12.2 Å². The molecule has 11 heavy (non-hydrogen) atoms. The summed E-state index contributed by atoms with van der Waals surface area (Å²) in [7, 11) is 0. The topological polar surface area (TPSA) is 49.7 Å². The summed E-state index contributed by atoms with van der Waals surface area (Å²) >= 11 is 0. The average Bonchev–Trinajstić information content (AvgIpc) is 2.19. The molecular formula is C8H14O3. The fourth-order valence-corrected chi connectivity index (χ4v) is 1.30. The van der Waals surface area contributed by atoms with Crippen molar-refractivity contribution in [1.82, 2.24) is 0 Å². The first-order valence-corrected chi connectivity index (χ1v) is 3.94. The van der Waals surface area contributed by atoms with Crippen LogP contribution in [0.5, 0.6) is 0 Å². The molecule has 0 amide bonds. The largest absolute Gasteiger partial charge is 0.388 e. The molecule has 0 saturated carbocycles. The van der Waals surface area contributed by atoms with E-state index in [1.807, 2.05) is 6.92 Å². The Bertz CT molecular complexity index is 127. The van der Waals surface area contributed by atoms with Crippen molar-refractivity contribution < 1.29 is 14.9 Å². The molecule has 3 nitrogen and oxygen atoms in total. The Balaban J connectivity index is 2.45. The van der Waals surface area contributed by atoms with Gasteiger partial charge in [-0.15, -0.1) is 0 Å². The van der Waals surface area contributed by atoms with Crippen molar-refractivity contribution in [1.29, 1.82) is 0 Å². The van der Waals surface area contributed by atoms with Gasteiger partial charge in [-0.2, -0.15) is 0 Å². The van der Waals surface area contributed by atoms with Crippen molar-refractivity contribution in [3.05, 3.63) is 6.92 Å². The molecule has 1 fully saturated rings. The maximum absolute atomic E-state index is 9.30. The maximum atomic E-state index is 9.30. The van der Waals surface area contributed by atoms with Crippen molar-refractivity contribution in [3.8, 4) is 0 Å². The molecule has 64 valence electrons. The zero-order valence-electron chi connectivity index (χ0n) is 6.60. The monoisotopic (exact) mass is 158 g/mol. The minimum Gasteiger partial charge on any atom is -0.388 e. The fraction of sp³-hybridized carbons (Fsp3) is 0.875. The summed E-state index contributed by atoms with van der Waals surface area (Å²) in [6.45, 7) is 7.35. The average molecular weight is 158 g/mol. The number of rotatable bonds is 2. The molecule has 0 aromatic heterocycles. The van der Waals surface area contributed by atoms with Gasteiger partial charge >= 0.3 is 0 Å². The molecule has 1 heterocycles. The summed E-state index contributed by atoms with van der Waals surface area (Å²) in [6.07, 6.45) is -1.09. The SMILES string of the molecule is [CH][C@@H]1O[C@H](CCC)[C@H](O)C1O. The number of aliphatic hydroxyl groups excluding tert-OH is 2. The summed E-state index contributed by atoms with van der Waals surface area (Å²) in [5.41, 5.74) is 0. The third-order valence-electron chi connectivity index (χ3n) is 1.97. The number of hydrogen-bond acceptors (Lipinski definition) is 3. The van der Waals surface area contributed by atoms with Gasteiger partial charge in [0, 0.05) is 0 Å². The number of hydrogen-bond donors (Lipinski definition) is 2. The standard InChI is InChI=1S/C8H14O3/c1-3-4-6-8(10)7(9)5(2)11-6/h2,5-10H,3-4H2,1H3/t5-,6+,7?,8-/m0/s1. The van der Waals surface area contributed by atoms with Crippen molar-refractivity contribution in [2.45, 2.75) is 44.2 Å². The molecule has 0 aromatic rings. The van der Waals surface area contributed by atoms with Gasteiger partial charge in [0.15, 0.2) is 0 Å². The van der Waals surface area contributed by atoms with E-state index in [1.165, 1.54) is 0 Å². The normalized spacial score (nSPS) is 44.7. The Morgan fingerprint density at radius 3 is 2.36 bits per heavy atom. The Labute approximate surface area is 67.0 Å². The molecule has 0 aromatic carbocycles. The second-order valence-corrected chi connectivity index (χ2v) is 2.91. The molecule has 3 heteroatoms. The molecule has 0 spiro atoms. The van der Waals surface area contributed by atoms with Crippen LogP contribution in [0.1, 0.15) is 19.8 Å². The maximum Gasteiger partial charge on any atom is 0.109 e. The Kier molecular flexibility index (Phi) is 2.87. The van der Waals surface area contributed by atoms with E-state index in [9.17, 15) is 5.11 Å². The number of ether oxygens (including phenoxy) is 1. The van der Waals surface area contributed by atoms with Crippen molar-refractivity contribution in [2.24, 2.45) is 0 Å². The van der Waals surface area contributed by atoms with Gasteiger partial charge in [-0.1, -0.05) is 13.3 Å². The van der Waals surface area contributed by atoms with E-state index in [4.69, 9.17) is 16.8 Å². The summed E-state index contributed by atoms with van der Waals surface area (Å²) in [5, 5.41) is 18.5. The van der Waals surface area contributed by atoms with Gasteiger partial charge < -0.3 is 14.9 Å². The van der Waals surface area contributed by atoms with Crippen LogP contribution >= 0.6 is 0 Å². The van der Waals surface area contributed by atoms with E-state index in [0.717, 1.165) is 12.8 Å². The van der Waals surface area contributed by atoms with E-state index in [2.05, 4.69) is 0 Å². The van der Waals surface area contributed by atoms with E-state index in [0.29, 0.717) is 0 Å². The molecule has 0 aliphatic carbocycles. The highest BCUT2D eigenvalue weighted by Gasteiger charge is 2.39. The smallest absolute Gasteiger partial charge is 0.109 e. The van der Waals surface area contributed by atoms with Crippen molar-refractivity contribution in [2.75, 3.05) is 0 Å². The molecule has 1 rings (SSSR count). The van der Waals surface area contributed by atoms with Crippen LogP contribution in [-0.2, 0) is 4.74 Å². The minimum atomic E-state index is -0.924. The van der Waals surface area contributed by atoms with Crippen molar-refractivity contribution in [3.63, 3.8) is 0 Å². The van der Waals surface area contributed by atoms with Crippen LogP contribution in [0.15, 0.2) is 0 Å². The van der Waals surface area contributed by atoms with Gasteiger partial charge in [-0.05, 0) is 13.3 Å². The Morgan fingerprint density at radius 2 is 2.00 bits per heavy atom. The van der Waals surface area contributed by atoms with Crippen LogP contribution in [0.4, 0.5) is 0 Å². The second-order valence-electron chi connectivity index (χ2n) is 2.91. The lowest BCUT2D eigenvalue weighted by Gasteiger charge is -2.12. The van der Waals surface area contributed by atoms with Crippen LogP contribution in [0.2, 0.25) is 0 Å². The summed E-state index contributed by atoms with van der Waals surface area (Å²) < 4.78 is 5.10. The molecule has 1 unspecified atom stereocenters. The van der Waals surface area contributed by atoms with Crippen LogP contribution < -0.4 is 0 Å². The first-order chi connectivity index (χ1) is 5.16. The lowest BCUT2D eigenvalue weighted by Crippen LogP contribution is -2.31. The highest BCUT2D eigenvalue weighted by atomic mass is 16.5.